The van der Waals surface area contributed by atoms with E-state index in [4.69, 9.17) is 4.74 Å². The number of aryl methyl sites for hydroxylation is 2. The lowest BCUT2D eigenvalue weighted by Crippen LogP contribution is -2.24. The topological polar surface area (TPSA) is 56.2 Å². The van der Waals surface area contributed by atoms with Gasteiger partial charge in [-0.25, -0.2) is 4.98 Å². The number of benzene rings is 2. The fourth-order valence-corrected chi connectivity index (χ4v) is 3.01. The van der Waals surface area contributed by atoms with Crippen molar-refractivity contribution in [1.29, 1.82) is 0 Å². The standard InChI is InChI=1S/C21H25N3O2/c1-3-24-18-11-6-5-10-17(18)23-20(24)15-22-21(25)13-8-14-26-19-12-7-4-9-16(19)2/h4-7,9-12H,3,8,13-15H2,1-2H3,(H,22,25). The second-order valence-electron chi connectivity index (χ2n) is 6.26. The average molecular weight is 351 g/mol. The summed E-state index contributed by atoms with van der Waals surface area (Å²) >= 11 is 0. The molecule has 1 amide bonds. The van der Waals surface area contributed by atoms with Crippen LogP contribution in [0.3, 0.4) is 0 Å². The van der Waals surface area contributed by atoms with E-state index in [1.807, 2.05) is 49.4 Å². The molecular formula is C21H25N3O2. The van der Waals surface area contributed by atoms with Gasteiger partial charge in [-0.2, -0.15) is 0 Å². The highest BCUT2D eigenvalue weighted by Crippen LogP contribution is 2.17. The van der Waals surface area contributed by atoms with Crippen LogP contribution in [0.5, 0.6) is 5.75 Å². The Balaban J connectivity index is 1.46. The zero-order valence-corrected chi connectivity index (χ0v) is 15.4. The minimum Gasteiger partial charge on any atom is -0.493 e. The third kappa shape index (κ3) is 4.23. The average Bonchev–Trinajstić information content (AvgIpc) is 3.02. The van der Waals surface area contributed by atoms with Gasteiger partial charge in [0.15, 0.2) is 0 Å². The highest BCUT2D eigenvalue weighted by atomic mass is 16.5. The first-order valence-electron chi connectivity index (χ1n) is 9.08. The molecule has 0 saturated heterocycles. The van der Waals surface area contributed by atoms with E-state index < -0.39 is 0 Å². The van der Waals surface area contributed by atoms with Crippen LogP contribution in [-0.2, 0) is 17.9 Å². The molecule has 1 N–H and O–H groups in total. The maximum Gasteiger partial charge on any atom is 0.220 e. The van der Waals surface area contributed by atoms with Gasteiger partial charge in [0, 0.05) is 13.0 Å². The lowest BCUT2D eigenvalue weighted by molar-refractivity contribution is -0.121. The highest BCUT2D eigenvalue weighted by Gasteiger charge is 2.10. The van der Waals surface area contributed by atoms with Crippen LogP contribution in [-0.4, -0.2) is 22.1 Å². The van der Waals surface area contributed by atoms with Gasteiger partial charge in [-0.15, -0.1) is 0 Å². The number of amides is 1. The Morgan fingerprint density at radius 3 is 2.73 bits per heavy atom. The third-order valence-corrected chi connectivity index (χ3v) is 4.39. The van der Waals surface area contributed by atoms with Crippen LogP contribution >= 0.6 is 0 Å². The van der Waals surface area contributed by atoms with E-state index in [0.29, 0.717) is 26.0 Å². The van der Waals surface area contributed by atoms with Crippen LogP contribution in [0.4, 0.5) is 0 Å². The molecule has 0 bridgehead atoms. The van der Waals surface area contributed by atoms with Gasteiger partial charge < -0.3 is 14.6 Å². The van der Waals surface area contributed by atoms with Crippen molar-refractivity contribution in [3.05, 3.63) is 59.9 Å². The number of ether oxygens (including phenoxy) is 1. The van der Waals surface area contributed by atoms with Crippen molar-refractivity contribution in [1.82, 2.24) is 14.9 Å². The minimum atomic E-state index is 0.0214. The number of hydrogen-bond acceptors (Lipinski definition) is 3. The number of imidazole rings is 1. The van der Waals surface area contributed by atoms with E-state index in [1.54, 1.807) is 0 Å². The molecule has 5 heteroatoms. The minimum absolute atomic E-state index is 0.0214. The Morgan fingerprint density at radius 2 is 1.92 bits per heavy atom. The summed E-state index contributed by atoms with van der Waals surface area (Å²) in [6, 6.07) is 15.9. The summed E-state index contributed by atoms with van der Waals surface area (Å²) in [7, 11) is 0. The number of hydrogen-bond donors (Lipinski definition) is 1. The monoisotopic (exact) mass is 351 g/mol. The highest BCUT2D eigenvalue weighted by molar-refractivity contribution is 5.77. The van der Waals surface area contributed by atoms with Crippen molar-refractivity contribution >= 4 is 16.9 Å². The van der Waals surface area contributed by atoms with Gasteiger partial charge in [0.05, 0.1) is 24.2 Å². The Kier molecular flexibility index (Phi) is 5.89. The molecule has 3 aromatic rings. The molecule has 0 aliphatic rings. The van der Waals surface area contributed by atoms with Crippen molar-refractivity contribution in [2.24, 2.45) is 0 Å². The Bertz CT molecular complexity index is 886. The Morgan fingerprint density at radius 1 is 1.15 bits per heavy atom. The quantitative estimate of drug-likeness (QED) is 0.627. The van der Waals surface area contributed by atoms with E-state index in [2.05, 4.69) is 27.9 Å². The van der Waals surface area contributed by atoms with Crippen LogP contribution in [0.25, 0.3) is 11.0 Å². The molecule has 0 atom stereocenters. The second-order valence-corrected chi connectivity index (χ2v) is 6.26. The number of para-hydroxylation sites is 3. The lowest BCUT2D eigenvalue weighted by Gasteiger charge is -2.09. The zero-order chi connectivity index (χ0) is 18.4. The smallest absolute Gasteiger partial charge is 0.220 e. The molecule has 0 radical (unpaired) electrons. The molecular weight excluding hydrogens is 326 g/mol. The fraction of sp³-hybridized carbons (Fsp3) is 0.333. The van der Waals surface area contributed by atoms with Crippen molar-refractivity contribution in [2.45, 2.75) is 39.8 Å². The maximum atomic E-state index is 12.1. The SMILES string of the molecule is CCn1c(CNC(=O)CCCOc2ccccc2C)nc2ccccc21. The van der Waals surface area contributed by atoms with Crippen molar-refractivity contribution in [2.75, 3.05) is 6.61 Å². The largest absolute Gasteiger partial charge is 0.493 e. The Hall–Kier alpha value is -2.82. The first kappa shape index (κ1) is 18.0. The summed E-state index contributed by atoms with van der Waals surface area (Å²) in [6.45, 7) is 5.91. The van der Waals surface area contributed by atoms with Crippen molar-refractivity contribution < 1.29 is 9.53 Å². The third-order valence-electron chi connectivity index (χ3n) is 4.39. The predicted molar refractivity (Wildman–Crippen MR) is 103 cm³/mol. The summed E-state index contributed by atoms with van der Waals surface area (Å²) in [5.41, 5.74) is 3.17. The van der Waals surface area contributed by atoms with Gasteiger partial charge in [-0.3, -0.25) is 4.79 Å². The molecule has 0 saturated carbocycles. The summed E-state index contributed by atoms with van der Waals surface area (Å²) in [5.74, 6) is 1.79. The van der Waals surface area contributed by atoms with Gasteiger partial charge in [0.1, 0.15) is 11.6 Å². The van der Waals surface area contributed by atoms with Gasteiger partial charge in [-0.05, 0) is 44.0 Å². The number of rotatable bonds is 8. The normalized spacial score (nSPS) is 10.8. The van der Waals surface area contributed by atoms with Gasteiger partial charge >= 0.3 is 0 Å². The number of carbonyl (C=O) groups is 1. The first-order valence-corrected chi connectivity index (χ1v) is 9.08. The molecule has 0 spiro atoms. The summed E-state index contributed by atoms with van der Waals surface area (Å²) in [6.07, 6.45) is 1.13. The van der Waals surface area contributed by atoms with Gasteiger partial charge in [0.2, 0.25) is 5.91 Å². The molecule has 0 unspecified atom stereocenters. The molecule has 0 aliphatic carbocycles. The summed E-state index contributed by atoms with van der Waals surface area (Å²) in [5, 5.41) is 2.97. The van der Waals surface area contributed by atoms with Crippen molar-refractivity contribution in [3.63, 3.8) is 0 Å². The molecule has 136 valence electrons. The summed E-state index contributed by atoms with van der Waals surface area (Å²) in [4.78, 5) is 16.7. The molecule has 5 nitrogen and oxygen atoms in total. The van der Waals surface area contributed by atoms with E-state index in [9.17, 15) is 4.79 Å². The molecule has 26 heavy (non-hydrogen) atoms. The van der Waals surface area contributed by atoms with Crippen LogP contribution in [0, 0.1) is 6.92 Å². The number of nitrogens with one attached hydrogen (secondary N) is 1. The van der Waals surface area contributed by atoms with Crippen LogP contribution in [0.1, 0.15) is 31.2 Å². The van der Waals surface area contributed by atoms with Crippen LogP contribution in [0.2, 0.25) is 0 Å². The molecule has 1 aromatic heterocycles. The molecule has 1 heterocycles. The predicted octanol–water partition coefficient (Wildman–Crippen LogP) is 3.84. The number of carbonyl (C=O) groups excluding carboxylic acids is 1. The molecule has 3 rings (SSSR count). The van der Waals surface area contributed by atoms with E-state index >= 15 is 0 Å². The van der Waals surface area contributed by atoms with E-state index in [0.717, 1.165) is 34.7 Å². The molecule has 0 aliphatic heterocycles. The number of aromatic nitrogens is 2. The number of nitrogens with zero attached hydrogens (tertiary/aromatic N) is 2. The van der Waals surface area contributed by atoms with Crippen LogP contribution in [0.15, 0.2) is 48.5 Å². The van der Waals surface area contributed by atoms with Gasteiger partial charge in [0.25, 0.3) is 0 Å². The first-order chi connectivity index (χ1) is 12.7. The molecule has 2 aromatic carbocycles. The summed E-state index contributed by atoms with van der Waals surface area (Å²) < 4.78 is 7.87. The van der Waals surface area contributed by atoms with Gasteiger partial charge in [-0.1, -0.05) is 30.3 Å². The fourth-order valence-electron chi connectivity index (χ4n) is 3.01. The Labute approximate surface area is 154 Å². The van der Waals surface area contributed by atoms with E-state index in [1.165, 1.54) is 0 Å². The van der Waals surface area contributed by atoms with E-state index in [-0.39, 0.29) is 5.91 Å². The maximum absolute atomic E-state index is 12.1. The zero-order valence-electron chi connectivity index (χ0n) is 15.4. The number of fused-ring (bicyclic) bond motifs is 1. The van der Waals surface area contributed by atoms with Crippen LogP contribution < -0.4 is 10.1 Å². The lowest BCUT2D eigenvalue weighted by atomic mass is 10.2. The second kappa shape index (κ2) is 8.52. The van der Waals surface area contributed by atoms with Crippen molar-refractivity contribution in [3.8, 4) is 5.75 Å². The molecule has 0 fully saturated rings.